The van der Waals surface area contributed by atoms with Crippen LogP contribution in [-0.4, -0.2) is 39.3 Å². The molecule has 0 aliphatic carbocycles. The number of nitrogens with one attached hydrogen (secondary N) is 1. The second kappa shape index (κ2) is 9.50. The summed E-state index contributed by atoms with van der Waals surface area (Å²) < 4.78 is 7.43. The highest BCUT2D eigenvalue weighted by Gasteiger charge is 2.35. The number of carbonyl (C=O) groups is 3. The van der Waals surface area contributed by atoms with Crippen LogP contribution in [0.3, 0.4) is 0 Å². The molecule has 8 nitrogen and oxygen atoms in total. The number of methoxy groups -OCH3 is 1. The normalized spacial score (nSPS) is 12.6. The Morgan fingerprint density at radius 2 is 1.58 bits per heavy atom. The minimum Gasteiger partial charge on any atom is -0.496 e. The van der Waals surface area contributed by atoms with Gasteiger partial charge in [0.05, 0.1) is 30.3 Å². The Morgan fingerprint density at radius 1 is 0.917 bits per heavy atom. The molecule has 0 radical (unpaired) electrons. The van der Waals surface area contributed by atoms with Crippen LogP contribution < -0.4 is 10.1 Å². The van der Waals surface area contributed by atoms with Gasteiger partial charge in [-0.3, -0.25) is 19.3 Å². The number of fused-ring (bicyclic) bond motifs is 1. The maximum absolute atomic E-state index is 13.1. The van der Waals surface area contributed by atoms with Gasteiger partial charge in [-0.05, 0) is 54.4 Å². The Morgan fingerprint density at radius 3 is 2.19 bits per heavy atom. The zero-order chi connectivity index (χ0) is 25.2. The summed E-state index contributed by atoms with van der Waals surface area (Å²) in [6.45, 7) is 2.69. The van der Waals surface area contributed by atoms with Crippen LogP contribution in [0, 0.1) is 6.92 Å². The highest BCUT2D eigenvalue weighted by molar-refractivity contribution is 6.21. The number of carbonyl (C=O) groups excluding carboxylic acids is 3. The molecule has 0 spiro atoms. The third-order valence-corrected chi connectivity index (χ3v) is 6.22. The van der Waals surface area contributed by atoms with Gasteiger partial charge in [-0.15, -0.1) is 0 Å². The average molecular weight is 481 g/mol. The number of hydrogen-bond acceptors (Lipinski definition) is 5. The van der Waals surface area contributed by atoms with Gasteiger partial charge in [0.15, 0.2) is 0 Å². The zero-order valence-electron chi connectivity index (χ0n) is 19.9. The second-order valence-corrected chi connectivity index (χ2v) is 8.53. The number of amides is 3. The molecular formula is C28H24N4O4. The monoisotopic (exact) mass is 480 g/mol. The molecule has 0 unspecified atom stereocenters. The lowest BCUT2D eigenvalue weighted by atomic mass is 10.1. The van der Waals surface area contributed by atoms with Crippen molar-refractivity contribution in [1.29, 1.82) is 0 Å². The van der Waals surface area contributed by atoms with E-state index in [2.05, 4.69) is 10.3 Å². The first kappa shape index (κ1) is 23.0. The first-order valence-corrected chi connectivity index (χ1v) is 11.4. The van der Waals surface area contributed by atoms with Crippen molar-refractivity contribution in [2.24, 2.45) is 0 Å². The first-order chi connectivity index (χ1) is 17.4. The van der Waals surface area contributed by atoms with Crippen LogP contribution in [0.25, 0.3) is 0 Å². The van der Waals surface area contributed by atoms with Crippen LogP contribution in [0.2, 0.25) is 0 Å². The van der Waals surface area contributed by atoms with Gasteiger partial charge in [0, 0.05) is 24.6 Å². The van der Waals surface area contributed by atoms with Crippen LogP contribution >= 0.6 is 0 Å². The summed E-state index contributed by atoms with van der Waals surface area (Å²) in [6, 6.07) is 19.4. The van der Waals surface area contributed by atoms with Crippen molar-refractivity contribution < 1.29 is 19.1 Å². The number of anilines is 1. The fourth-order valence-corrected chi connectivity index (χ4v) is 4.26. The van der Waals surface area contributed by atoms with Crippen LogP contribution in [0.5, 0.6) is 5.75 Å². The average Bonchev–Trinajstić information content (AvgIpc) is 3.41. The first-order valence-electron chi connectivity index (χ1n) is 11.4. The molecule has 1 aliphatic rings. The molecule has 0 fully saturated rings. The third kappa shape index (κ3) is 4.36. The Bertz CT molecular complexity index is 1440. The second-order valence-electron chi connectivity index (χ2n) is 8.53. The molecule has 1 aromatic heterocycles. The van der Waals surface area contributed by atoms with E-state index in [1.54, 1.807) is 48.7 Å². The van der Waals surface area contributed by atoms with Crippen molar-refractivity contribution in [3.05, 3.63) is 113 Å². The lowest BCUT2D eigenvalue weighted by Crippen LogP contribution is -2.29. The molecule has 0 saturated carbocycles. The smallest absolute Gasteiger partial charge is 0.261 e. The van der Waals surface area contributed by atoms with Crippen LogP contribution in [0.4, 0.5) is 5.69 Å². The summed E-state index contributed by atoms with van der Waals surface area (Å²) in [5.41, 5.74) is 3.45. The number of ether oxygens (including phenoxy) is 1. The number of imidazole rings is 1. The Kier molecular flexibility index (Phi) is 6.08. The predicted molar refractivity (Wildman–Crippen MR) is 134 cm³/mol. The molecule has 0 bridgehead atoms. The quantitative estimate of drug-likeness (QED) is 0.398. The molecule has 180 valence electrons. The van der Waals surface area contributed by atoms with Gasteiger partial charge in [-0.2, -0.15) is 0 Å². The SMILES string of the molecule is COc1ccc(CN2C(=O)c3ccccc3C2=O)cc1C(=O)Nc1ccc(Cn2ccnc2C)cc1. The van der Waals surface area contributed by atoms with Gasteiger partial charge in [0.2, 0.25) is 0 Å². The highest BCUT2D eigenvalue weighted by atomic mass is 16.5. The molecule has 3 aromatic carbocycles. The lowest BCUT2D eigenvalue weighted by Gasteiger charge is -2.16. The van der Waals surface area contributed by atoms with Gasteiger partial charge in [-0.25, -0.2) is 4.98 Å². The minimum absolute atomic E-state index is 0.0545. The zero-order valence-corrected chi connectivity index (χ0v) is 19.9. The van der Waals surface area contributed by atoms with Gasteiger partial charge in [0.25, 0.3) is 17.7 Å². The Balaban J connectivity index is 1.31. The van der Waals surface area contributed by atoms with E-state index < -0.39 is 0 Å². The molecule has 4 aromatic rings. The van der Waals surface area contributed by atoms with Crippen molar-refractivity contribution >= 4 is 23.4 Å². The van der Waals surface area contributed by atoms with E-state index in [-0.39, 0.29) is 24.3 Å². The fraction of sp³-hybridized carbons (Fsp3) is 0.143. The van der Waals surface area contributed by atoms with E-state index in [0.717, 1.165) is 11.4 Å². The number of nitrogens with zero attached hydrogens (tertiary/aromatic N) is 3. The summed E-state index contributed by atoms with van der Waals surface area (Å²) >= 11 is 0. The van der Waals surface area contributed by atoms with E-state index in [1.807, 2.05) is 42.0 Å². The number of aromatic nitrogens is 2. The Labute approximate surface area is 208 Å². The van der Waals surface area contributed by atoms with E-state index in [4.69, 9.17) is 4.74 Å². The Hall–Kier alpha value is -4.72. The van der Waals surface area contributed by atoms with Crippen molar-refractivity contribution in [2.45, 2.75) is 20.0 Å². The van der Waals surface area contributed by atoms with E-state index >= 15 is 0 Å². The summed E-state index contributed by atoms with van der Waals surface area (Å²) in [5, 5.41) is 2.90. The van der Waals surface area contributed by atoms with Gasteiger partial charge in [0.1, 0.15) is 11.6 Å². The molecule has 2 heterocycles. The van der Waals surface area contributed by atoms with E-state index in [9.17, 15) is 14.4 Å². The van der Waals surface area contributed by atoms with Gasteiger partial charge < -0.3 is 14.6 Å². The largest absolute Gasteiger partial charge is 0.496 e. The van der Waals surface area contributed by atoms with Crippen molar-refractivity contribution in [3.8, 4) is 5.75 Å². The topological polar surface area (TPSA) is 93.5 Å². The summed E-state index contributed by atoms with van der Waals surface area (Å²) in [5.74, 6) is 0.285. The standard InChI is InChI=1S/C28H24N4O4/c1-18-29-13-14-31(18)16-19-7-10-21(11-8-19)30-26(33)24-15-20(9-12-25(24)36-2)17-32-27(34)22-5-3-4-6-23(22)28(32)35/h3-15H,16-17H2,1-2H3,(H,30,33). The van der Waals surface area contributed by atoms with Crippen molar-refractivity contribution in [1.82, 2.24) is 14.5 Å². The molecule has 1 aliphatic heterocycles. The van der Waals surface area contributed by atoms with Crippen molar-refractivity contribution in [2.75, 3.05) is 12.4 Å². The van der Waals surface area contributed by atoms with Crippen molar-refractivity contribution in [3.63, 3.8) is 0 Å². The number of aryl methyl sites for hydroxylation is 1. The molecular weight excluding hydrogens is 456 g/mol. The van der Waals surface area contributed by atoms with E-state index in [1.165, 1.54) is 12.0 Å². The summed E-state index contributed by atoms with van der Waals surface area (Å²) in [6.07, 6.45) is 3.69. The molecule has 36 heavy (non-hydrogen) atoms. The molecule has 0 saturated heterocycles. The van der Waals surface area contributed by atoms with Crippen LogP contribution in [-0.2, 0) is 13.1 Å². The highest BCUT2D eigenvalue weighted by Crippen LogP contribution is 2.27. The maximum atomic E-state index is 13.1. The van der Waals surface area contributed by atoms with Crippen LogP contribution in [0.15, 0.2) is 79.1 Å². The fourth-order valence-electron chi connectivity index (χ4n) is 4.26. The summed E-state index contributed by atoms with van der Waals surface area (Å²) in [7, 11) is 1.49. The summed E-state index contributed by atoms with van der Waals surface area (Å²) in [4.78, 5) is 44.0. The minimum atomic E-state index is -0.353. The number of benzene rings is 3. The molecule has 1 N–H and O–H groups in total. The number of rotatable bonds is 7. The molecule has 0 atom stereocenters. The number of hydrogen-bond donors (Lipinski definition) is 1. The molecule has 3 amide bonds. The van der Waals surface area contributed by atoms with Crippen LogP contribution in [0.1, 0.15) is 48.0 Å². The maximum Gasteiger partial charge on any atom is 0.261 e. The lowest BCUT2D eigenvalue weighted by molar-refractivity contribution is 0.0642. The predicted octanol–water partition coefficient (Wildman–Crippen LogP) is 4.30. The molecule has 8 heteroatoms. The van der Waals surface area contributed by atoms with E-state index in [0.29, 0.717) is 40.2 Å². The van der Waals surface area contributed by atoms with Gasteiger partial charge >= 0.3 is 0 Å². The third-order valence-electron chi connectivity index (χ3n) is 6.22. The molecule has 5 rings (SSSR count). The number of imide groups is 1. The van der Waals surface area contributed by atoms with Gasteiger partial charge in [-0.1, -0.05) is 30.3 Å².